The van der Waals surface area contributed by atoms with Crippen molar-refractivity contribution in [3.63, 3.8) is 0 Å². The zero-order valence-electron chi connectivity index (χ0n) is 9.36. The highest BCUT2D eigenvalue weighted by molar-refractivity contribution is 9.11. The van der Waals surface area contributed by atoms with Gasteiger partial charge >= 0.3 is 0 Å². The minimum Gasteiger partial charge on any atom is -0.298 e. The Hall–Kier alpha value is -0.230. The van der Waals surface area contributed by atoms with Crippen LogP contribution in [0, 0.1) is 0 Å². The van der Waals surface area contributed by atoms with Crippen molar-refractivity contribution in [2.45, 2.75) is 13.1 Å². The summed E-state index contributed by atoms with van der Waals surface area (Å²) in [6.07, 6.45) is 3.71. The van der Waals surface area contributed by atoms with Gasteiger partial charge in [-0.25, -0.2) is 0 Å². The van der Waals surface area contributed by atoms with Crippen LogP contribution in [-0.4, -0.2) is 16.9 Å². The molecule has 0 saturated carbocycles. The van der Waals surface area contributed by atoms with Gasteiger partial charge in [0, 0.05) is 30.0 Å². The molecule has 0 spiro atoms. The molecule has 0 aromatic carbocycles. The van der Waals surface area contributed by atoms with Gasteiger partial charge in [-0.3, -0.25) is 9.88 Å². The standard InChI is InChI=1S/C12H12Br2N2S/c1-16(7-10-3-12(14)17-8-10)6-9-2-11(13)5-15-4-9/h2-5,8H,6-7H2,1H3. The lowest BCUT2D eigenvalue weighted by molar-refractivity contribution is 0.319. The first-order valence-electron chi connectivity index (χ1n) is 5.14. The number of aromatic nitrogens is 1. The van der Waals surface area contributed by atoms with E-state index in [2.05, 4.69) is 66.3 Å². The molecular weight excluding hydrogens is 364 g/mol. The summed E-state index contributed by atoms with van der Waals surface area (Å²) >= 11 is 8.64. The van der Waals surface area contributed by atoms with E-state index in [0.29, 0.717) is 0 Å². The third-order valence-corrected chi connectivity index (χ3v) is 4.28. The summed E-state index contributed by atoms with van der Waals surface area (Å²) in [4.78, 5) is 6.45. The van der Waals surface area contributed by atoms with E-state index in [1.54, 1.807) is 17.5 Å². The molecule has 0 aliphatic heterocycles. The second-order valence-electron chi connectivity index (χ2n) is 3.94. The molecule has 2 aromatic rings. The summed E-state index contributed by atoms with van der Waals surface area (Å²) in [7, 11) is 2.12. The number of rotatable bonds is 4. The maximum atomic E-state index is 4.17. The quantitative estimate of drug-likeness (QED) is 0.791. The van der Waals surface area contributed by atoms with Crippen LogP contribution in [-0.2, 0) is 13.1 Å². The Morgan fingerprint density at radius 1 is 1.18 bits per heavy atom. The van der Waals surface area contributed by atoms with Crippen LogP contribution in [0.25, 0.3) is 0 Å². The van der Waals surface area contributed by atoms with Gasteiger partial charge in [0.2, 0.25) is 0 Å². The Labute approximate surface area is 122 Å². The zero-order valence-corrected chi connectivity index (χ0v) is 13.3. The highest BCUT2D eigenvalue weighted by atomic mass is 79.9. The fourth-order valence-corrected chi connectivity index (χ4v) is 3.26. The molecule has 0 fully saturated rings. The van der Waals surface area contributed by atoms with Gasteiger partial charge in [0.05, 0.1) is 3.79 Å². The molecule has 0 saturated heterocycles. The van der Waals surface area contributed by atoms with Crippen molar-refractivity contribution in [1.82, 2.24) is 9.88 Å². The number of nitrogens with zero attached hydrogens (tertiary/aromatic N) is 2. The van der Waals surface area contributed by atoms with Crippen LogP contribution in [0.15, 0.2) is 38.2 Å². The summed E-state index contributed by atoms with van der Waals surface area (Å²) in [5, 5.41) is 2.18. The van der Waals surface area contributed by atoms with Crippen LogP contribution < -0.4 is 0 Å². The van der Waals surface area contributed by atoms with Gasteiger partial charge in [-0.2, -0.15) is 0 Å². The summed E-state index contributed by atoms with van der Waals surface area (Å²) in [5.74, 6) is 0. The lowest BCUT2D eigenvalue weighted by Gasteiger charge is -2.15. The molecule has 0 aliphatic carbocycles. The molecule has 0 atom stereocenters. The third-order valence-electron chi connectivity index (χ3n) is 2.29. The van der Waals surface area contributed by atoms with Crippen LogP contribution >= 0.6 is 43.2 Å². The first-order chi connectivity index (χ1) is 8.13. The molecule has 0 unspecified atom stereocenters. The molecule has 2 nitrogen and oxygen atoms in total. The number of hydrogen-bond donors (Lipinski definition) is 0. The van der Waals surface area contributed by atoms with Crippen LogP contribution in [0.3, 0.4) is 0 Å². The largest absolute Gasteiger partial charge is 0.298 e. The molecule has 17 heavy (non-hydrogen) atoms. The van der Waals surface area contributed by atoms with Crippen LogP contribution in [0.1, 0.15) is 11.1 Å². The highest BCUT2D eigenvalue weighted by Crippen LogP contribution is 2.22. The van der Waals surface area contributed by atoms with Gasteiger partial charge in [-0.15, -0.1) is 11.3 Å². The molecule has 0 bridgehead atoms. The molecule has 0 N–H and O–H groups in total. The van der Waals surface area contributed by atoms with Crippen molar-refractivity contribution in [1.29, 1.82) is 0 Å². The maximum Gasteiger partial charge on any atom is 0.0701 e. The Kier molecular flexibility index (Phi) is 4.73. The van der Waals surface area contributed by atoms with Gasteiger partial charge < -0.3 is 0 Å². The van der Waals surface area contributed by atoms with Gasteiger partial charge in [0.15, 0.2) is 0 Å². The molecule has 0 aliphatic rings. The van der Waals surface area contributed by atoms with Crippen molar-refractivity contribution in [2.75, 3.05) is 7.05 Å². The SMILES string of the molecule is CN(Cc1cncc(Br)c1)Cc1csc(Br)c1. The molecule has 0 radical (unpaired) electrons. The third kappa shape index (κ3) is 4.17. The maximum absolute atomic E-state index is 4.17. The van der Waals surface area contributed by atoms with Crippen molar-refractivity contribution >= 4 is 43.2 Å². The van der Waals surface area contributed by atoms with E-state index in [1.807, 2.05) is 6.20 Å². The predicted octanol–water partition coefficient (Wildman–Crippen LogP) is 4.30. The summed E-state index contributed by atoms with van der Waals surface area (Å²) in [5.41, 5.74) is 2.56. The lowest BCUT2D eigenvalue weighted by atomic mass is 10.2. The summed E-state index contributed by atoms with van der Waals surface area (Å²) in [6.45, 7) is 1.86. The van der Waals surface area contributed by atoms with Gasteiger partial charge in [0.1, 0.15) is 0 Å². The van der Waals surface area contributed by atoms with E-state index in [1.165, 1.54) is 14.9 Å². The van der Waals surface area contributed by atoms with Gasteiger partial charge in [0.25, 0.3) is 0 Å². The smallest absolute Gasteiger partial charge is 0.0701 e. The Balaban J connectivity index is 1.95. The molecule has 0 amide bonds. The first kappa shape index (κ1) is 13.2. The molecule has 2 heterocycles. The topological polar surface area (TPSA) is 16.1 Å². The van der Waals surface area contributed by atoms with Crippen LogP contribution in [0.5, 0.6) is 0 Å². The van der Waals surface area contributed by atoms with Crippen molar-refractivity contribution in [3.05, 3.63) is 49.3 Å². The van der Waals surface area contributed by atoms with E-state index >= 15 is 0 Å². The average molecular weight is 376 g/mol. The average Bonchev–Trinajstić information content (AvgIpc) is 2.63. The zero-order chi connectivity index (χ0) is 12.3. The molecule has 2 rings (SSSR count). The predicted molar refractivity (Wildman–Crippen MR) is 79.1 cm³/mol. The normalized spacial score (nSPS) is 11.1. The molecule has 2 aromatic heterocycles. The Bertz CT molecular complexity index is 499. The van der Waals surface area contributed by atoms with Crippen molar-refractivity contribution in [2.24, 2.45) is 0 Å². The fourth-order valence-electron chi connectivity index (χ4n) is 1.65. The lowest BCUT2D eigenvalue weighted by Crippen LogP contribution is -2.16. The molecule has 90 valence electrons. The minimum absolute atomic E-state index is 0.903. The van der Waals surface area contributed by atoms with Crippen LogP contribution in [0.2, 0.25) is 0 Å². The van der Waals surface area contributed by atoms with E-state index in [4.69, 9.17) is 0 Å². The van der Waals surface area contributed by atoms with E-state index in [-0.39, 0.29) is 0 Å². The molecule has 5 heteroatoms. The van der Waals surface area contributed by atoms with Crippen LogP contribution in [0.4, 0.5) is 0 Å². The first-order valence-corrected chi connectivity index (χ1v) is 7.61. The monoisotopic (exact) mass is 374 g/mol. The minimum atomic E-state index is 0.903. The number of pyridine rings is 1. The number of halogens is 2. The second-order valence-corrected chi connectivity index (χ2v) is 7.15. The van der Waals surface area contributed by atoms with E-state index < -0.39 is 0 Å². The van der Waals surface area contributed by atoms with E-state index in [0.717, 1.165) is 17.6 Å². The highest BCUT2D eigenvalue weighted by Gasteiger charge is 2.04. The summed E-state index contributed by atoms with van der Waals surface area (Å²) in [6, 6.07) is 4.27. The second kappa shape index (κ2) is 6.09. The molecular formula is C12H12Br2N2S. The van der Waals surface area contributed by atoms with E-state index in [9.17, 15) is 0 Å². The summed E-state index contributed by atoms with van der Waals surface area (Å²) < 4.78 is 2.21. The Morgan fingerprint density at radius 3 is 2.59 bits per heavy atom. The number of thiophene rings is 1. The van der Waals surface area contributed by atoms with Gasteiger partial charge in [-0.05, 0) is 67.5 Å². The fraction of sp³-hybridized carbons (Fsp3) is 0.250. The van der Waals surface area contributed by atoms with Gasteiger partial charge in [-0.1, -0.05) is 0 Å². The van der Waals surface area contributed by atoms with Crippen molar-refractivity contribution in [3.8, 4) is 0 Å². The van der Waals surface area contributed by atoms with Crippen molar-refractivity contribution < 1.29 is 0 Å². The Morgan fingerprint density at radius 2 is 1.94 bits per heavy atom. The number of hydrogen-bond acceptors (Lipinski definition) is 3.